The molecule has 19 heavy (non-hydrogen) atoms. The molecule has 0 atom stereocenters. The summed E-state index contributed by atoms with van der Waals surface area (Å²) >= 11 is 3.46. The lowest BCUT2D eigenvalue weighted by Crippen LogP contribution is -2.06. The molecule has 0 amide bonds. The number of ether oxygens (including phenoxy) is 1. The maximum absolute atomic E-state index is 12.6. The van der Waals surface area contributed by atoms with Gasteiger partial charge in [-0.1, -0.05) is 28.1 Å². The first kappa shape index (κ1) is 13.8. The van der Waals surface area contributed by atoms with Crippen molar-refractivity contribution in [1.82, 2.24) is 0 Å². The van der Waals surface area contributed by atoms with Crippen molar-refractivity contribution >= 4 is 21.7 Å². The van der Waals surface area contributed by atoms with Crippen molar-refractivity contribution in [2.75, 3.05) is 7.11 Å². The van der Waals surface area contributed by atoms with Crippen LogP contribution in [-0.2, 0) is 0 Å². The van der Waals surface area contributed by atoms with Crippen LogP contribution in [0, 0.1) is 13.8 Å². The van der Waals surface area contributed by atoms with Crippen LogP contribution in [0.2, 0.25) is 0 Å². The summed E-state index contributed by atoms with van der Waals surface area (Å²) in [6.45, 7) is 3.86. The van der Waals surface area contributed by atoms with E-state index in [1.165, 1.54) is 0 Å². The highest BCUT2D eigenvalue weighted by Gasteiger charge is 2.15. The fourth-order valence-electron chi connectivity index (χ4n) is 2.02. The lowest BCUT2D eigenvalue weighted by molar-refractivity contribution is 0.103. The van der Waals surface area contributed by atoms with Crippen LogP contribution in [0.4, 0.5) is 0 Å². The van der Waals surface area contributed by atoms with Gasteiger partial charge in [-0.2, -0.15) is 0 Å². The third-order valence-corrected chi connectivity index (χ3v) is 4.05. The van der Waals surface area contributed by atoms with Crippen LogP contribution in [0.15, 0.2) is 40.9 Å². The second-order valence-corrected chi connectivity index (χ2v) is 5.28. The van der Waals surface area contributed by atoms with E-state index in [0.29, 0.717) is 5.56 Å². The van der Waals surface area contributed by atoms with Crippen LogP contribution >= 0.6 is 15.9 Å². The van der Waals surface area contributed by atoms with E-state index in [0.717, 1.165) is 26.9 Å². The summed E-state index contributed by atoms with van der Waals surface area (Å²) in [5.41, 5.74) is 3.32. The van der Waals surface area contributed by atoms with Crippen molar-refractivity contribution in [2.45, 2.75) is 13.8 Å². The average molecular weight is 319 g/mol. The van der Waals surface area contributed by atoms with Crippen LogP contribution in [-0.4, -0.2) is 12.9 Å². The van der Waals surface area contributed by atoms with E-state index in [1.54, 1.807) is 7.11 Å². The highest BCUT2D eigenvalue weighted by Crippen LogP contribution is 2.24. The summed E-state index contributed by atoms with van der Waals surface area (Å²) in [4.78, 5) is 12.6. The van der Waals surface area contributed by atoms with Gasteiger partial charge in [0.1, 0.15) is 5.75 Å². The molecule has 0 unspecified atom stereocenters. The molecule has 0 fully saturated rings. The van der Waals surface area contributed by atoms with Gasteiger partial charge in [-0.05, 0) is 49.2 Å². The Kier molecular flexibility index (Phi) is 4.05. The number of benzene rings is 2. The summed E-state index contributed by atoms with van der Waals surface area (Å²) in [6.07, 6.45) is 0. The van der Waals surface area contributed by atoms with E-state index in [1.807, 2.05) is 50.2 Å². The second-order valence-electron chi connectivity index (χ2n) is 4.42. The van der Waals surface area contributed by atoms with Gasteiger partial charge in [0.2, 0.25) is 0 Å². The van der Waals surface area contributed by atoms with Gasteiger partial charge in [0.05, 0.1) is 7.11 Å². The minimum absolute atomic E-state index is 0.0407. The standard InChI is InChI=1S/C16H15BrO2/c1-10-9-12(19-3)7-8-13(10)16(18)14-5-4-6-15(17)11(14)2/h4-9H,1-3H3. The molecule has 0 aromatic heterocycles. The SMILES string of the molecule is COc1ccc(C(=O)c2cccc(Br)c2C)c(C)c1. The molecular weight excluding hydrogens is 304 g/mol. The minimum atomic E-state index is 0.0407. The molecule has 2 rings (SSSR count). The zero-order chi connectivity index (χ0) is 14.0. The third-order valence-electron chi connectivity index (χ3n) is 3.19. The number of hydrogen-bond donors (Lipinski definition) is 0. The van der Waals surface area contributed by atoms with Gasteiger partial charge < -0.3 is 4.74 Å². The molecule has 0 N–H and O–H groups in total. The molecule has 0 radical (unpaired) electrons. The van der Waals surface area contributed by atoms with E-state index in [9.17, 15) is 4.79 Å². The minimum Gasteiger partial charge on any atom is -0.497 e. The number of methoxy groups -OCH3 is 1. The summed E-state index contributed by atoms with van der Waals surface area (Å²) in [5.74, 6) is 0.805. The van der Waals surface area contributed by atoms with Gasteiger partial charge in [0.15, 0.2) is 5.78 Å². The van der Waals surface area contributed by atoms with E-state index in [-0.39, 0.29) is 5.78 Å². The van der Waals surface area contributed by atoms with Crippen LogP contribution < -0.4 is 4.74 Å². The predicted octanol–water partition coefficient (Wildman–Crippen LogP) is 4.31. The summed E-state index contributed by atoms with van der Waals surface area (Å²) < 4.78 is 6.11. The van der Waals surface area contributed by atoms with E-state index >= 15 is 0 Å². The molecule has 0 heterocycles. The summed E-state index contributed by atoms with van der Waals surface area (Å²) in [7, 11) is 1.62. The third kappa shape index (κ3) is 2.71. The smallest absolute Gasteiger partial charge is 0.193 e. The molecule has 0 saturated heterocycles. The predicted molar refractivity (Wildman–Crippen MR) is 80.0 cm³/mol. The Balaban J connectivity index is 2.47. The highest BCUT2D eigenvalue weighted by molar-refractivity contribution is 9.10. The number of rotatable bonds is 3. The topological polar surface area (TPSA) is 26.3 Å². The number of halogens is 1. The largest absolute Gasteiger partial charge is 0.497 e. The Bertz CT molecular complexity index is 633. The van der Waals surface area contributed by atoms with Gasteiger partial charge in [0, 0.05) is 15.6 Å². The number of carbonyl (C=O) groups is 1. The molecule has 0 aliphatic rings. The van der Waals surface area contributed by atoms with Crippen LogP contribution in [0.1, 0.15) is 27.0 Å². The Morgan fingerprint density at radius 3 is 2.47 bits per heavy atom. The average Bonchev–Trinajstić information content (AvgIpc) is 2.41. The molecule has 2 nitrogen and oxygen atoms in total. The second kappa shape index (κ2) is 5.57. The Morgan fingerprint density at radius 1 is 1.11 bits per heavy atom. The van der Waals surface area contributed by atoms with Gasteiger partial charge in [0.25, 0.3) is 0 Å². The first-order chi connectivity index (χ1) is 9.04. The van der Waals surface area contributed by atoms with E-state index in [2.05, 4.69) is 15.9 Å². The normalized spacial score (nSPS) is 10.3. The molecule has 98 valence electrons. The molecular formula is C16H15BrO2. The fraction of sp³-hybridized carbons (Fsp3) is 0.188. The quantitative estimate of drug-likeness (QED) is 0.788. The van der Waals surface area contributed by atoms with Crippen molar-refractivity contribution in [3.05, 3.63) is 63.1 Å². The van der Waals surface area contributed by atoms with Crippen molar-refractivity contribution in [3.63, 3.8) is 0 Å². The molecule has 2 aromatic rings. The molecule has 0 aliphatic carbocycles. The molecule has 0 spiro atoms. The maximum Gasteiger partial charge on any atom is 0.193 e. The number of carbonyl (C=O) groups excluding carboxylic acids is 1. The Morgan fingerprint density at radius 2 is 1.84 bits per heavy atom. The van der Waals surface area contributed by atoms with E-state index < -0.39 is 0 Å². The molecule has 0 saturated carbocycles. The molecule has 2 aromatic carbocycles. The number of ketones is 1. The molecule has 3 heteroatoms. The monoisotopic (exact) mass is 318 g/mol. The lowest BCUT2D eigenvalue weighted by atomic mass is 9.96. The Labute approximate surface area is 121 Å². The lowest BCUT2D eigenvalue weighted by Gasteiger charge is -2.10. The van der Waals surface area contributed by atoms with Crippen LogP contribution in [0.3, 0.4) is 0 Å². The van der Waals surface area contributed by atoms with Crippen LogP contribution in [0.25, 0.3) is 0 Å². The van der Waals surface area contributed by atoms with Gasteiger partial charge in [-0.3, -0.25) is 4.79 Å². The van der Waals surface area contributed by atoms with E-state index in [4.69, 9.17) is 4.74 Å². The zero-order valence-corrected chi connectivity index (χ0v) is 12.7. The highest BCUT2D eigenvalue weighted by atomic mass is 79.9. The number of hydrogen-bond acceptors (Lipinski definition) is 2. The first-order valence-electron chi connectivity index (χ1n) is 5.99. The fourth-order valence-corrected chi connectivity index (χ4v) is 2.38. The zero-order valence-electron chi connectivity index (χ0n) is 11.2. The summed E-state index contributed by atoms with van der Waals surface area (Å²) in [5, 5.41) is 0. The maximum atomic E-state index is 12.6. The van der Waals surface area contributed by atoms with Crippen molar-refractivity contribution in [1.29, 1.82) is 0 Å². The molecule has 0 bridgehead atoms. The van der Waals surface area contributed by atoms with Crippen molar-refractivity contribution in [3.8, 4) is 5.75 Å². The van der Waals surface area contributed by atoms with Crippen molar-refractivity contribution < 1.29 is 9.53 Å². The van der Waals surface area contributed by atoms with Crippen molar-refractivity contribution in [2.24, 2.45) is 0 Å². The van der Waals surface area contributed by atoms with Gasteiger partial charge in [-0.15, -0.1) is 0 Å². The van der Waals surface area contributed by atoms with Gasteiger partial charge in [-0.25, -0.2) is 0 Å². The molecule has 0 aliphatic heterocycles. The Hall–Kier alpha value is -1.61. The summed E-state index contributed by atoms with van der Waals surface area (Å²) in [6, 6.07) is 11.2. The first-order valence-corrected chi connectivity index (χ1v) is 6.78. The van der Waals surface area contributed by atoms with Crippen LogP contribution in [0.5, 0.6) is 5.75 Å². The van der Waals surface area contributed by atoms with Gasteiger partial charge >= 0.3 is 0 Å². The number of aryl methyl sites for hydroxylation is 1.